The molecule has 1 aromatic rings. The number of likely N-dealkylation sites (tertiary alicyclic amines) is 1. The van der Waals surface area contributed by atoms with Crippen LogP contribution in [0.3, 0.4) is 0 Å². The number of nitrogens with zero attached hydrogens (tertiary/aromatic N) is 1. The van der Waals surface area contributed by atoms with Gasteiger partial charge in [-0.25, -0.2) is 0 Å². The van der Waals surface area contributed by atoms with Crippen molar-refractivity contribution in [2.24, 2.45) is 11.3 Å². The number of rotatable bonds is 2. The summed E-state index contributed by atoms with van der Waals surface area (Å²) in [4.78, 5) is 25.8. The number of carboxylic acids is 1. The van der Waals surface area contributed by atoms with Crippen LogP contribution in [0.5, 0.6) is 5.75 Å². The minimum Gasteiger partial charge on any atom is -0.507 e. The van der Waals surface area contributed by atoms with E-state index in [1.54, 1.807) is 17.0 Å². The second-order valence-electron chi connectivity index (χ2n) is 6.26. The van der Waals surface area contributed by atoms with Gasteiger partial charge in [-0.05, 0) is 37.8 Å². The van der Waals surface area contributed by atoms with Gasteiger partial charge in [0.15, 0.2) is 0 Å². The fourth-order valence-corrected chi connectivity index (χ4v) is 3.79. The molecule has 5 heteroatoms. The molecular weight excluding hydrogens is 270 g/mol. The lowest BCUT2D eigenvalue weighted by Crippen LogP contribution is -2.37. The van der Waals surface area contributed by atoms with Crippen molar-refractivity contribution in [3.8, 4) is 5.75 Å². The van der Waals surface area contributed by atoms with Crippen molar-refractivity contribution in [3.05, 3.63) is 29.3 Å². The molecule has 0 spiro atoms. The maximum atomic E-state index is 12.6. The highest BCUT2D eigenvalue weighted by atomic mass is 16.4. The standard InChI is InChI=1S/C16H19NO4/c1-10-4-5-13(18)12(7-10)14(19)17-8-11-3-2-6-16(11,9-17)15(20)21/h4-5,7,11,18H,2-3,6,8-9H2,1H3,(H,20,21)/t11-,16+/m0/s1. The van der Waals surface area contributed by atoms with Crippen molar-refractivity contribution in [1.82, 2.24) is 4.90 Å². The highest BCUT2D eigenvalue weighted by Crippen LogP contribution is 2.49. The molecule has 1 saturated heterocycles. The quantitative estimate of drug-likeness (QED) is 0.873. The first-order valence-electron chi connectivity index (χ1n) is 7.26. The van der Waals surface area contributed by atoms with Gasteiger partial charge in [-0.3, -0.25) is 9.59 Å². The highest BCUT2D eigenvalue weighted by Gasteiger charge is 2.55. The van der Waals surface area contributed by atoms with Gasteiger partial charge in [0.2, 0.25) is 0 Å². The summed E-state index contributed by atoms with van der Waals surface area (Å²) in [6, 6.07) is 4.90. The Bertz CT molecular complexity index is 612. The molecule has 2 N–H and O–H groups in total. The van der Waals surface area contributed by atoms with Crippen LogP contribution in [0, 0.1) is 18.3 Å². The first-order chi connectivity index (χ1) is 9.94. The second kappa shape index (κ2) is 4.76. The molecule has 0 bridgehead atoms. The Hall–Kier alpha value is -2.04. The lowest BCUT2D eigenvalue weighted by Gasteiger charge is -2.23. The van der Waals surface area contributed by atoms with Gasteiger partial charge in [-0.15, -0.1) is 0 Å². The number of amides is 1. The molecular formula is C16H19NO4. The van der Waals surface area contributed by atoms with Gasteiger partial charge in [0.05, 0.1) is 11.0 Å². The lowest BCUT2D eigenvalue weighted by molar-refractivity contribution is -0.149. The minimum absolute atomic E-state index is 0.0332. The van der Waals surface area contributed by atoms with E-state index < -0.39 is 11.4 Å². The molecule has 1 amide bonds. The van der Waals surface area contributed by atoms with Crippen molar-refractivity contribution in [3.63, 3.8) is 0 Å². The van der Waals surface area contributed by atoms with Crippen LogP contribution in [0.15, 0.2) is 18.2 Å². The Labute approximate surface area is 123 Å². The van der Waals surface area contributed by atoms with Gasteiger partial charge in [-0.2, -0.15) is 0 Å². The van der Waals surface area contributed by atoms with Crippen molar-refractivity contribution in [2.45, 2.75) is 26.2 Å². The molecule has 0 radical (unpaired) electrons. The molecule has 1 saturated carbocycles. The SMILES string of the molecule is Cc1ccc(O)c(C(=O)N2C[C@@H]3CCC[C@@]3(C(=O)O)C2)c1. The van der Waals surface area contributed by atoms with Crippen LogP contribution in [-0.2, 0) is 4.79 Å². The van der Waals surface area contributed by atoms with E-state index >= 15 is 0 Å². The number of aliphatic carboxylic acids is 1. The molecule has 0 unspecified atom stereocenters. The molecule has 21 heavy (non-hydrogen) atoms. The predicted molar refractivity (Wildman–Crippen MR) is 76.2 cm³/mol. The Balaban J connectivity index is 1.88. The summed E-state index contributed by atoms with van der Waals surface area (Å²) in [5.74, 6) is -1.09. The van der Waals surface area contributed by atoms with E-state index in [4.69, 9.17) is 0 Å². The van der Waals surface area contributed by atoms with Crippen LogP contribution in [0.4, 0.5) is 0 Å². The molecule has 3 rings (SSSR count). The molecule has 1 aliphatic carbocycles. The van der Waals surface area contributed by atoms with E-state index in [9.17, 15) is 19.8 Å². The zero-order valence-electron chi connectivity index (χ0n) is 12.0. The summed E-state index contributed by atoms with van der Waals surface area (Å²) in [5, 5.41) is 19.4. The van der Waals surface area contributed by atoms with Gasteiger partial charge in [0.25, 0.3) is 5.91 Å². The normalized spacial score (nSPS) is 27.7. The maximum absolute atomic E-state index is 12.6. The van der Waals surface area contributed by atoms with Crippen LogP contribution in [0.25, 0.3) is 0 Å². The summed E-state index contributed by atoms with van der Waals surface area (Å²) in [6.07, 6.45) is 2.40. The molecule has 1 aliphatic heterocycles. The van der Waals surface area contributed by atoms with E-state index in [1.807, 2.05) is 6.92 Å². The minimum atomic E-state index is -0.797. The van der Waals surface area contributed by atoms with Gasteiger partial charge < -0.3 is 15.1 Å². The fraction of sp³-hybridized carbons (Fsp3) is 0.500. The number of phenolic OH excluding ortho intramolecular Hbond substituents is 1. The molecule has 112 valence electrons. The number of aromatic hydroxyl groups is 1. The van der Waals surface area contributed by atoms with Crippen molar-refractivity contribution >= 4 is 11.9 Å². The van der Waals surface area contributed by atoms with Crippen LogP contribution < -0.4 is 0 Å². The van der Waals surface area contributed by atoms with E-state index in [1.165, 1.54) is 6.07 Å². The number of hydrogen-bond acceptors (Lipinski definition) is 3. The largest absolute Gasteiger partial charge is 0.507 e. The van der Waals surface area contributed by atoms with Crippen LogP contribution in [0.2, 0.25) is 0 Å². The maximum Gasteiger partial charge on any atom is 0.311 e. The number of carboxylic acid groups (broad SMARTS) is 1. The summed E-state index contributed by atoms with van der Waals surface area (Å²) >= 11 is 0. The molecule has 5 nitrogen and oxygen atoms in total. The third-order valence-electron chi connectivity index (χ3n) is 4.97. The number of phenols is 1. The number of benzene rings is 1. The van der Waals surface area contributed by atoms with E-state index in [2.05, 4.69) is 0 Å². The van der Waals surface area contributed by atoms with Crippen LogP contribution >= 0.6 is 0 Å². The molecule has 2 atom stereocenters. The zero-order chi connectivity index (χ0) is 15.2. The fourth-order valence-electron chi connectivity index (χ4n) is 3.79. The number of fused-ring (bicyclic) bond motifs is 1. The Morgan fingerprint density at radius 3 is 2.81 bits per heavy atom. The van der Waals surface area contributed by atoms with Crippen LogP contribution in [-0.4, -0.2) is 40.1 Å². The topological polar surface area (TPSA) is 77.8 Å². The zero-order valence-corrected chi connectivity index (χ0v) is 12.0. The predicted octanol–water partition coefficient (Wildman–Crippen LogP) is 2.03. The van der Waals surface area contributed by atoms with Crippen LogP contribution in [0.1, 0.15) is 35.2 Å². The number of hydrogen-bond donors (Lipinski definition) is 2. The second-order valence-corrected chi connectivity index (χ2v) is 6.26. The highest BCUT2D eigenvalue weighted by molar-refractivity contribution is 5.97. The smallest absolute Gasteiger partial charge is 0.311 e. The van der Waals surface area contributed by atoms with Gasteiger partial charge in [0.1, 0.15) is 5.75 Å². The van der Waals surface area contributed by atoms with Gasteiger partial charge >= 0.3 is 5.97 Å². The van der Waals surface area contributed by atoms with Crippen molar-refractivity contribution < 1.29 is 19.8 Å². The summed E-state index contributed by atoms with van der Waals surface area (Å²) in [6.45, 7) is 2.57. The monoisotopic (exact) mass is 289 g/mol. The summed E-state index contributed by atoms with van der Waals surface area (Å²) in [5.41, 5.74) is 0.369. The molecule has 0 aromatic heterocycles. The number of carbonyl (C=O) groups is 2. The number of aryl methyl sites for hydroxylation is 1. The average Bonchev–Trinajstić information content (AvgIpc) is 2.98. The number of carbonyl (C=O) groups excluding carboxylic acids is 1. The summed E-state index contributed by atoms with van der Waals surface area (Å²) < 4.78 is 0. The van der Waals surface area contributed by atoms with Crippen molar-refractivity contribution in [2.75, 3.05) is 13.1 Å². The Kier molecular flexibility index (Phi) is 3.15. The lowest BCUT2D eigenvalue weighted by atomic mass is 9.81. The average molecular weight is 289 g/mol. The van der Waals surface area contributed by atoms with Gasteiger partial charge in [0, 0.05) is 13.1 Å². The van der Waals surface area contributed by atoms with Gasteiger partial charge in [-0.1, -0.05) is 18.1 Å². The Morgan fingerprint density at radius 1 is 1.38 bits per heavy atom. The molecule has 1 heterocycles. The molecule has 1 aromatic carbocycles. The molecule has 2 aliphatic rings. The van der Waals surface area contributed by atoms with Crippen molar-refractivity contribution in [1.29, 1.82) is 0 Å². The first kappa shape index (κ1) is 13.9. The van der Waals surface area contributed by atoms with E-state index in [0.717, 1.165) is 18.4 Å². The van der Waals surface area contributed by atoms with E-state index in [0.29, 0.717) is 13.0 Å². The summed E-state index contributed by atoms with van der Waals surface area (Å²) in [7, 11) is 0. The van der Waals surface area contributed by atoms with E-state index in [-0.39, 0.29) is 29.7 Å². The molecule has 2 fully saturated rings. The first-order valence-corrected chi connectivity index (χ1v) is 7.26. The Morgan fingerprint density at radius 2 is 2.14 bits per heavy atom. The third kappa shape index (κ3) is 2.07. The third-order valence-corrected chi connectivity index (χ3v) is 4.97.